The molecule has 0 aliphatic carbocycles. The molecule has 0 saturated carbocycles. The fraction of sp³-hybridized carbons (Fsp3) is 0.227. The molecule has 0 atom stereocenters. The Morgan fingerprint density at radius 1 is 0.692 bits per heavy atom. The van der Waals surface area contributed by atoms with Gasteiger partial charge in [0.1, 0.15) is 20.4 Å². The minimum atomic E-state index is -5.02. The van der Waals surface area contributed by atoms with E-state index in [9.17, 15) is 43.7 Å². The van der Waals surface area contributed by atoms with Crippen molar-refractivity contribution in [2.75, 3.05) is 0 Å². The van der Waals surface area contributed by atoms with Crippen LogP contribution in [0.4, 0.5) is 0 Å². The fourth-order valence-corrected chi connectivity index (χ4v) is 6.49. The second-order valence-electron chi connectivity index (χ2n) is 8.17. The van der Waals surface area contributed by atoms with Gasteiger partial charge >= 0.3 is 94.6 Å². The van der Waals surface area contributed by atoms with Gasteiger partial charge in [-0.3, -0.25) is 18.5 Å². The maximum atomic E-state index is 12.4. The van der Waals surface area contributed by atoms with E-state index in [2.05, 4.69) is 0 Å². The average Bonchev–Trinajstić information content (AvgIpc) is 2.75. The van der Waals surface area contributed by atoms with Gasteiger partial charge in [-0.2, -0.15) is 25.3 Å². The molecule has 17 heteroatoms. The molecule has 39 heavy (non-hydrogen) atoms. The summed E-state index contributed by atoms with van der Waals surface area (Å²) in [4.78, 5) is 10.0. The van der Waals surface area contributed by atoms with E-state index in [0.29, 0.717) is 12.5 Å². The molecule has 4 rings (SSSR count). The monoisotopic (exact) mass is 628 g/mol. The fourth-order valence-electron chi connectivity index (χ4n) is 4.28. The third-order valence-corrected chi connectivity index (χ3v) is 8.47. The molecular formula is C22H23Na3O11S3. The molecule has 0 aromatic heterocycles. The van der Waals surface area contributed by atoms with Gasteiger partial charge in [0, 0.05) is 44.8 Å². The Balaban J connectivity index is -0.00000253. The number of benzene rings is 4. The van der Waals surface area contributed by atoms with Crippen molar-refractivity contribution in [3.8, 4) is 5.75 Å². The number of unbranched alkanes of at least 4 members (excludes halogenated alkanes) is 2. The van der Waals surface area contributed by atoms with Crippen molar-refractivity contribution in [3.63, 3.8) is 0 Å². The van der Waals surface area contributed by atoms with Gasteiger partial charge in [-0.15, -0.1) is 0 Å². The van der Waals surface area contributed by atoms with Crippen LogP contribution in [0.1, 0.15) is 36.9 Å². The standard InChI is InChI=1S/C22H20O11S3.3Na.3H/c1-2-3-4-5-20(23)33-16-10-17(34(24,25)26)13-8-9-15-19(36(30,31)32)11-18(35(27,28)29)14-7-6-12(16)21(13)22(14)15;;;;;;/h6-11H,2-5H2,1H3,(H,24,25,26)(H,27,28,29)(H,30,31,32);;;;;;/q;3*+1;3*-1. The number of carbonyl (C=O) groups excluding carboxylic acids is 1. The third-order valence-electron chi connectivity index (χ3n) is 5.79. The molecule has 0 unspecified atom stereocenters. The Morgan fingerprint density at radius 2 is 1.08 bits per heavy atom. The Bertz CT molecular complexity index is 1840. The SMILES string of the molecule is CCCCCC(=O)Oc1cc(S(=O)(=O)O)c2ccc3c(S(=O)(=O)O)cc(S(=O)(=O)O)c4ccc1c2c43.[H-].[H-].[H-].[Na+].[Na+].[Na+]. The van der Waals surface area contributed by atoms with Crippen LogP contribution in [0.3, 0.4) is 0 Å². The Morgan fingerprint density at radius 3 is 1.49 bits per heavy atom. The summed E-state index contributed by atoms with van der Waals surface area (Å²) in [5.41, 5.74) is 0. The van der Waals surface area contributed by atoms with E-state index in [1.807, 2.05) is 6.92 Å². The number of esters is 1. The molecule has 0 fully saturated rings. The molecule has 11 nitrogen and oxygen atoms in total. The predicted molar refractivity (Wildman–Crippen MR) is 133 cm³/mol. The molecule has 0 radical (unpaired) electrons. The topological polar surface area (TPSA) is 189 Å². The van der Waals surface area contributed by atoms with Crippen molar-refractivity contribution in [1.82, 2.24) is 0 Å². The summed E-state index contributed by atoms with van der Waals surface area (Å²) in [5, 5.41) is -0.622. The van der Waals surface area contributed by atoms with Crippen molar-refractivity contribution in [1.29, 1.82) is 0 Å². The quantitative estimate of drug-likeness (QED) is 0.0424. The molecule has 0 aliphatic heterocycles. The predicted octanol–water partition coefficient (Wildman–Crippen LogP) is -4.84. The molecule has 0 heterocycles. The van der Waals surface area contributed by atoms with Crippen LogP contribution in [0.15, 0.2) is 51.1 Å². The van der Waals surface area contributed by atoms with E-state index in [0.717, 1.165) is 25.0 Å². The van der Waals surface area contributed by atoms with E-state index in [1.165, 1.54) is 18.2 Å². The zero-order chi connectivity index (χ0) is 26.6. The minimum absolute atomic E-state index is 0. The molecule has 3 N–H and O–H groups in total. The van der Waals surface area contributed by atoms with Gasteiger partial charge in [0.05, 0.1) is 0 Å². The van der Waals surface area contributed by atoms with E-state index < -0.39 is 51.0 Å². The summed E-state index contributed by atoms with van der Waals surface area (Å²) in [6, 6.07) is 6.37. The zero-order valence-corrected chi connectivity index (χ0v) is 30.1. The van der Waals surface area contributed by atoms with Crippen LogP contribution in [-0.4, -0.2) is 44.9 Å². The summed E-state index contributed by atoms with van der Waals surface area (Å²) in [6.45, 7) is 1.94. The summed E-state index contributed by atoms with van der Waals surface area (Å²) >= 11 is 0. The molecule has 4 aromatic rings. The first-order valence-electron chi connectivity index (χ1n) is 10.6. The number of hydrogen-bond acceptors (Lipinski definition) is 8. The van der Waals surface area contributed by atoms with Crippen LogP contribution in [-0.2, 0) is 35.1 Å². The van der Waals surface area contributed by atoms with Gasteiger partial charge in [0.2, 0.25) is 0 Å². The summed E-state index contributed by atoms with van der Waals surface area (Å²) in [6.07, 6.45) is 2.13. The third kappa shape index (κ3) is 7.56. The number of hydrogen-bond donors (Lipinski definition) is 3. The van der Waals surface area contributed by atoms with Gasteiger partial charge in [-0.1, -0.05) is 38.0 Å². The van der Waals surface area contributed by atoms with Gasteiger partial charge < -0.3 is 9.02 Å². The summed E-state index contributed by atoms with van der Waals surface area (Å²) in [7, 11) is -14.9. The molecule has 198 valence electrons. The van der Waals surface area contributed by atoms with Crippen LogP contribution in [0.25, 0.3) is 32.3 Å². The Hall–Kier alpha value is 0.120. The second kappa shape index (κ2) is 13.6. The van der Waals surface area contributed by atoms with Crippen molar-refractivity contribution in [2.24, 2.45) is 0 Å². The average molecular weight is 629 g/mol. The van der Waals surface area contributed by atoms with E-state index in [-0.39, 0.29) is 137 Å². The number of ether oxygens (including phenoxy) is 1. The Labute approximate surface area is 296 Å². The zero-order valence-electron chi connectivity index (χ0n) is 24.6. The maximum absolute atomic E-state index is 12.4. The number of rotatable bonds is 8. The Kier molecular flexibility index (Phi) is 13.0. The van der Waals surface area contributed by atoms with Crippen molar-refractivity contribution < 1.29 is 141 Å². The van der Waals surface area contributed by atoms with Crippen molar-refractivity contribution in [2.45, 2.75) is 47.3 Å². The van der Waals surface area contributed by atoms with E-state index in [1.54, 1.807) is 0 Å². The molecule has 0 aliphatic rings. The largest absolute Gasteiger partial charge is 1.00 e. The van der Waals surface area contributed by atoms with Crippen molar-refractivity contribution >= 4 is 68.6 Å². The first kappa shape index (κ1) is 37.1. The molecule has 0 amide bonds. The molecule has 0 saturated heterocycles. The van der Waals surface area contributed by atoms with Gasteiger partial charge in [-0.05, 0) is 18.6 Å². The molecule has 0 spiro atoms. The van der Waals surface area contributed by atoms with Crippen LogP contribution < -0.4 is 93.4 Å². The van der Waals surface area contributed by atoms with E-state index in [4.69, 9.17) is 4.74 Å². The smallest absolute Gasteiger partial charge is 1.00 e. The first-order chi connectivity index (χ1) is 16.6. The van der Waals surface area contributed by atoms with Crippen LogP contribution in [0, 0.1) is 0 Å². The molecular weight excluding hydrogens is 605 g/mol. The normalized spacial score (nSPS) is 12.1. The molecule has 4 aromatic carbocycles. The first-order valence-corrected chi connectivity index (χ1v) is 14.9. The van der Waals surface area contributed by atoms with Gasteiger partial charge in [0.15, 0.2) is 0 Å². The minimum Gasteiger partial charge on any atom is -1.00 e. The van der Waals surface area contributed by atoms with Gasteiger partial charge in [-0.25, -0.2) is 0 Å². The maximum Gasteiger partial charge on any atom is 1.00 e. The van der Waals surface area contributed by atoms with Crippen LogP contribution >= 0.6 is 0 Å². The van der Waals surface area contributed by atoms with E-state index >= 15 is 0 Å². The van der Waals surface area contributed by atoms with Crippen LogP contribution in [0.2, 0.25) is 0 Å². The van der Waals surface area contributed by atoms with Crippen LogP contribution in [0.5, 0.6) is 5.75 Å². The number of carbonyl (C=O) groups is 1. The molecule has 0 bridgehead atoms. The van der Waals surface area contributed by atoms with Gasteiger partial charge in [0.25, 0.3) is 30.4 Å². The second-order valence-corrected chi connectivity index (χ2v) is 12.3. The summed E-state index contributed by atoms with van der Waals surface area (Å²) in [5.74, 6) is -0.950. The van der Waals surface area contributed by atoms with Crippen molar-refractivity contribution in [3.05, 3.63) is 36.4 Å². The summed E-state index contributed by atoms with van der Waals surface area (Å²) < 4.78 is 108.